The Morgan fingerprint density at radius 2 is 1.78 bits per heavy atom. The zero-order valence-corrected chi connectivity index (χ0v) is 17.1. The van der Waals surface area contributed by atoms with Gasteiger partial charge in [-0.05, 0) is 30.5 Å². The molecule has 1 aromatic carbocycles. The fraction of sp³-hybridized carbons (Fsp3) is 0. The van der Waals surface area contributed by atoms with Crippen molar-refractivity contribution < 1.29 is 4.92 Å². The molecule has 0 saturated heterocycles. The van der Waals surface area contributed by atoms with E-state index in [0.29, 0.717) is 45.6 Å². The summed E-state index contributed by atoms with van der Waals surface area (Å²) in [6.07, 6.45) is 0. The molecule has 0 unspecified atom stereocenters. The predicted octanol–water partition coefficient (Wildman–Crippen LogP) is 4.64. The molecule has 0 amide bonds. The third-order valence-corrected chi connectivity index (χ3v) is 6.04. The Balaban J connectivity index is 1.95. The van der Waals surface area contributed by atoms with E-state index in [1.165, 1.54) is 34.8 Å². The quantitative estimate of drug-likeness (QED) is 0.153. The summed E-state index contributed by atoms with van der Waals surface area (Å²) >= 11 is 17.1. The lowest BCUT2D eigenvalue weighted by Crippen LogP contribution is -1.90. The van der Waals surface area contributed by atoms with Crippen molar-refractivity contribution in [1.29, 1.82) is 0 Å². The fourth-order valence-electron chi connectivity index (χ4n) is 2.31. The summed E-state index contributed by atoms with van der Waals surface area (Å²) in [6.45, 7) is 0. The molecule has 3 N–H and O–H groups in total. The number of hydrogen-bond acceptors (Lipinski definition) is 10. The van der Waals surface area contributed by atoms with Gasteiger partial charge in [-0.25, -0.2) is 4.98 Å². The summed E-state index contributed by atoms with van der Waals surface area (Å²) in [5.41, 5.74) is 1.52. The number of rotatable bonds is 4. The minimum atomic E-state index is -0.472. The number of hydrogen-bond donors (Lipinski definition) is 4. The van der Waals surface area contributed by atoms with E-state index in [0.717, 1.165) is 0 Å². The van der Waals surface area contributed by atoms with Crippen molar-refractivity contribution >= 4 is 65.4 Å². The maximum Gasteiger partial charge on any atom is 0.270 e. The summed E-state index contributed by atoms with van der Waals surface area (Å²) in [4.78, 5) is 18.9. The molecule has 0 radical (unpaired) electrons. The van der Waals surface area contributed by atoms with Gasteiger partial charge in [0.15, 0.2) is 17.9 Å². The van der Waals surface area contributed by atoms with Crippen LogP contribution in [0.5, 0.6) is 0 Å². The van der Waals surface area contributed by atoms with Crippen molar-refractivity contribution in [1.82, 2.24) is 30.4 Å². The van der Waals surface area contributed by atoms with Crippen molar-refractivity contribution in [3.63, 3.8) is 0 Å². The van der Waals surface area contributed by atoms with Crippen LogP contribution in [0, 0.1) is 18.0 Å². The number of aromatic nitrogens is 6. The van der Waals surface area contributed by atoms with Crippen LogP contribution in [0.2, 0.25) is 0 Å². The molecule has 0 spiro atoms. The number of nitrogens with one attached hydrogen (secondary N) is 3. The summed E-state index contributed by atoms with van der Waals surface area (Å²) in [7, 11) is 0. The van der Waals surface area contributed by atoms with Gasteiger partial charge in [0, 0.05) is 22.6 Å². The lowest BCUT2D eigenvalue weighted by atomic mass is 10.2. The van der Waals surface area contributed by atoms with E-state index in [4.69, 9.17) is 24.4 Å². The first kappa shape index (κ1) is 18.1. The predicted molar refractivity (Wildman–Crippen MR) is 111 cm³/mol. The van der Waals surface area contributed by atoms with Gasteiger partial charge >= 0.3 is 0 Å². The summed E-state index contributed by atoms with van der Waals surface area (Å²) in [5, 5.41) is 26.1. The van der Waals surface area contributed by atoms with E-state index in [1.807, 2.05) is 0 Å². The van der Waals surface area contributed by atoms with Crippen LogP contribution in [0.4, 0.5) is 5.69 Å². The van der Waals surface area contributed by atoms with Crippen LogP contribution >= 0.6 is 59.7 Å². The molecule has 0 fully saturated rings. The van der Waals surface area contributed by atoms with Gasteiger partial charge in [-0.15, -0.1) is 12.6 Å². The SMILES string of the molecule is O=[N+]([O-])c1ccc(S)c(-c2nc(-c3n[nH]c(=S)s3)c(-c3n[nH]c(=S)s3)[nH]2)c1. The van der Waals surface area contributed by atoms with Crippen LogP contribution in [0.25, 0.3) is 32.8 Å². The second-order valence-corrected chi connectivity index (χ2v) is 8.92. The molecular formula is C13H7N7O2S5. The number of nitro benzene ring substituents is 1. The van der Waals surface area contributed by atoms with Gasteiger partial charge in [0.05, 0.1) is 4.92 Å². The monoisotopic (exact) mass is 453 g/mol. The molecule has 0 aliphatic heterocycles. The number of benzene rings is 1. The largest absolute Gasteiger partial charge is 0.335 e. The Morgan fingerprint density at radius 1 is 1.11 bits per heavy atom. The molecule has 14 heteroatoms. The molecule has 136 valence electrons. The standard InChI is InChI=1S/C13H7N7O2S5/c21-20(22)4-1-2-6(23)5(3-4)9-14-7(10-16-18-12(24)26-10)8(15-9)11-17-19-13(25)27-11/h1-3,23H,(H,14,15)(H,18,24)(H,19,25). The van der Waals surface area contributed by atoms with Crippen LogP contribution in [-0.4, -0.2) is 35.3 Å². The Bertz CT molecular complexity index is 1210. The Hall–Kier alpha value is -2.26. The molecule has 27 heavy (non-hydrogen) atoms. The van der Waals surface area contributed by atoms with Gasteiger partial charge in [0.25, 0.3) is 5.69 Å². The number of H-pyrrole nitrogens is 3. The highest BCUT2D eigenvalue weighted by Gasteiger charge is 2.22. The summed E-state index contributed by atoms with van der Waals surface area (Å²) in [6, 6.07) is 4.35. The van der Waals surface area contributed by atoms with E-state index >= 15 is 0 Å². The molecule has 4 rings (SSSR count). The molecule has 4 aromatic rings. The Kier molecular flexibility index (Phi) is 4.73. The number of non-ortho nitro benzene ring substituents is 1. The van der Waals surface area contributed by atoms with Crippen LogP contribution in [0.1, 0.15) is 0 Å². The van der Waals surface area contributed by atoms with E-state index in [9.17, 15) is 10.1 Å². The number of imidazole rings is 1. The summed E-state index contributed by atoms with van der Waals surface area (Å²) < 4.78 is 1.01. The molecule has 9 nitrogen and oxygen atoms in total. The van der Waals surface area contributed by atoms with Crippen LogP contribution in [-0.2, 0) is 0 Å². The van der Waals surface area contributed by atoms with Crippen molar-refractivity contribution in [3.05, 3.63) is 36.2 Å². The lowest BCUT2D eigenvalue weighted by molar-refractivity contribution is -0.384. The zero-order chi connectivity index (χ0) is 19.1. The van der Waals surface area contributed by atoms with Crippen molar-refractivity contribution in [2.24, 2.45) is 0 Å². The lowest BCUT2D eigenvalue weighted by Gasteiger charge is -2.01. The highest BCUT2D eigenvalue weighted by atomic mass is 32.2. The maximum atomic E-state index is 11.1. The molecule has 3 aromatic heterocycles. The number of thiol groups is 1. The smallest absolute Gasteiger partial charge is 0.270 e. The van der Waals surface area contributed by atoms with E-state index in [2.05, 4.69) is 43.0 Å². The Labute approximate surface area is 174 Å². The molecule has 0 aliphatic carbocycles. The molecule has 0 bridgehead atoms. The highest BCUT2D eigenvalue weighted by molar-refractivity contribution is 7.80. The highest BCUT2D eigenvalue weighted by Crippen LogP contribution is 2.37. The fourth-order valence-corrected chi connectivity index (χ4v) is 4.33. The van der Waals surface area contributed by atoms with Crippen LogP contribution in [0.15, 0.2) is 23.1 Å². The van der Waals surface area contributed by atoms with Crippen molar-refractivity contribution in [2.45, 2.75) is 4.90 Å². The maximum absolute atomic E-state index is 11.1. The average molecular weight is 454 g/mol. The van der Waals surface area contributed by atoms with Crippen LogP contribution < -0.4 is 0 Å². The zero-order valence-electron chi connectivity index (χ0n) is 12.9. The second-order valence-electron chi connectivity index (χ2n) is 5.10. The minimum Gasteiger partial charge on any atom is -0.335 e. The van der Waals surface area contributed by atoms with Gasteiger partial charge < -0.3 is 4.98 Å². The Morgan fingerprint density at radius 3 is 2.37 bits per heavy atom. The topological polar surface area (TPSA) is 129 Å². The van der Waals surface area contributed by atoms with Gasteiger partial charge in [0.1, 0.15) is 17.2 Å². The third-order valence-electron chi connectivity index (χ3n) is 3.44. The average Bonchev–Trinajstić information content (AvgIpc) is 3.34. The third kappa shape index (κ3) is 3.49. The van der Waals surface area contributed by atoms with Crippen molar-refractivity contribution in [2.75, 3.05) is 0 Å². The second kappa shape index (κ2) is 7.05. The van der Waals surface area contributed by atoms with E-state index < -0.39 is 4.92 Å². The number of aromatic amines is 3. The number of nitrogens with zero attached hydrogens (tertiary/aromatic N) is 4. The van der Waals surface area contributed by atoms with Gasteiger partial charge in [-0.3, -0.25) is 20.3 Å². The van der Waals surface area contributed by atoms with Crippen LogP contribution in [0.3, 0.4) is 0 Å². The first-order valence-corrected chi connectivity index (χ1v) is 10.0. The van der Waals surface area contributed by atoms with E-state index in [1.54, 1.807) is 6.07 Å². The first-order valence-electron chi connectivity index (χ1n) is 7.12. The molecular weight excluding hydrogens is 447 g/mol. The summed E-state index contributed by atoms with van der Waals surface area (Å²) in [5.74, 6) is 0.399. The van der Waals surface area contributed by atoms with Gasteiger partial charge in [0.2, 0.25) is 0 Å². The molecule has 0 saturated carbocycles. The van der Waals surface area contributed by atoms with Gasteiger partial charge in [-0.2, -0.15) is 10.2 Å². The molecule has 0 atom stereocenters. The molecule has 3 heterocycles. The normalized spacial score (nSPS) is 11.0. The van der Waals surface area contributed by atoms with Gasteiger partial charge in [-0.1, -0.05) is 22.7 Å². The molecule has 0 aliphatic rings. The van der Waals surface area contributed by atoms with E-state index in [-0.39, 0.29) is 5.69 Å². The minimum absolute atomic E-state index is 0.0619. The van der Waals surface area contributed by atoms with Crippen molar-refractivity contribution in [3.8, 4) is 32.8 Å². The number of nitro groups is 1. The first-order chi connectivity index (χ1) is 12.9.